The van der Waals surface area contributed by atoms with Crippen LogP contribution in [-0.4, -0.2) is 5.91 Å². The number of nitrogens with two attached hydrogens (primary N) is 1. The minimum atomic E-state index is -0.290. The Morgan fingerprint density at radius 2 is 2.23 bits per heavy atom. The molecule has 0 unspecified atom stereocenters. The first-order valence-electron chi connectivity index (χ1n) is 3.82. The number of primary amides is 1. The molecule has 0 aliphatic heterocycles. The number of benzene rings is 1. The number of aryl methyl sites for hydroxylation is 1. The third-order valence-electron chi connectivity index (χ3n) is 1.66. The number of amides is 1. The summed E-state index contributed by atoms with van der Waals surface area (Å²) < 4.78 is 0.918. The van der Waals surface area contributed by atoms with Gasteiger partial charge in [-0.05, 0) is 24.1 Å². The van der Waals surface area contributed by atoms with Crippen LogP contribution in [0.5, 0.6) is 0 Å². The second kappa shape index (κ2) is 4.63. The standard InChI is InChI=1S/C9H9BrClNO/c10-8-5-7(11)3-1-6(8)2-4-9(12)13/h1,3,5H,2,4H2,(H2,12,13). The predicted molar refractivity (Wildman–Crippen MR) is 56.7 cm³/mol. The largest absolute Gasteiger partial charge is 0.370 e. The quantitative estimate of drug-likeness (QED) is 0.894. The van der Waals surface area contributed by atoms with Crippen LogP contribution in [0.2, 0.25) is 5.02 Å². The third kappa shape index (κ3) is 3.36. The second-order valence-electron chi connectivity index (χ2n) is 2.70. The van der Waals surface area contributed by atoms with Crippen LogP contribution in [-0.2, 0) is 11.2 Å². The number of hydrogen-bond donors (Lipinski definition) is 1. The van der Waals surface area contributed by atoms with Crippen molar-refractivity contribution in [2.45, 2.75) is 12.8 Å². The minimum Gasteiger partial charge on any atom is -0.370 e. The van der Waals surface area contributed by atoms with Crippen molar-refractivity contribution < 1.29 is 4.79 Å². The molecule has 0 saturated carbocycles. The molecule has 70 valence electrons. The number of halogens is 2. The molecule has 2 nitrogen and oxygen atoms in total. The summed E-state index contributed by atoms with van der Waals surface area (Å²) in [5.74, 6) is -0.290. The van der Waals surface area contributed by atoms with Crippen LogP contribution in [0.25, 0.3) is 0 Å². The summed E-state index contributed by atoms with van der Waals surface area (Å²) >= 11 is 9.12. The Morgan fingerprint density at radius 3 is 2.77 bits per heavy atom. The van der Waals surface area contributed by atoms with Crippen molar-refractivity contribution in [3.63, 3.8) is 0 Å². The molecule has 0 fully saturated rings. The molecule has 1 rings (SSSR count). The fourth-order valence-corrected chi connectivity index (χ4v) is 1.86. The Balaban J connectivity index is 2.72. The molecule has 1 amide bonds. The minimum absolute atomic E-state index is 0.290. The lowest BCUT2D eigenvalue weighted by atomic mass is 10.1. The van der Waals surface area contributed by atoms with Gasteiger partial charge in [-0.3, -0.25) is 4.79 Å². The van der Waals surface area contributed by atoms with Crippen LogP contribution in [0, 0.1) is 0 Å². The van der Waals surface area contributed by atoms with E-state index in [0.29, 0.717) is 17.9 Å². The van der Waals surface area contributed by atoms with Crippen molar-refractivity contribution in [3.05, 3.63) is 33.3 Å². The van der Waals surface area contributed by atoms with Crippen LogP contribution in [0.15, 0.2) is 22.7 Å². The van der Waals surface area contributed by atoms with E-state index in [0.717, 1.165) is 10.0 Å². The van der Waals surface area contributed by atoms with Crippen molar-refractivity contribution in [3.8, 4) is 0 Å². The van der Waals surface area contributed by atoms with Gasteiger partial charge in [0.2, 0.25) is 5.91 Å². The van der Waals surface area contributed by atoms with E-state index in [1.54, 1.807) is 12.1 Å². The lowest BCUT2D eigenvalue weighted by molar-refractivity contribution is -0.117. The van der Waals surface area contributed by atoms with E-state index in [4.69, 9.17) is 17.3 Å². The van der Waals surface area contributed by atoms with Crippen LogP contribution in [0.3, 0.4) is 0 Å². The average molecular weight is 263 g/mol. The molecule has 0 spiro atoms. The molecule has 0 atom stereocenters. The first kappa shape index (κ1) is 10.5. The van der Waals surface area contributed by atoms with Gasteiger partial charge < -0.3 is 5.73 Å². The molecule has 0 aromatic heterocycles. The summed E-state index contributed by atoms with van der Waals surface area (Å²) in [6.45, 7) is 0. The summed E-state index contributed by atoms with van der Waals surface area (Å²) in [5.41, 5.74) is 6.08. The van der Waals surface area contributed by atoms with Crippen molar-refractivity contribution in [2.24, 2.45) is 5.73 Å². The van der Waals surface area contributed by atoms with E-state index in [1.165, 1.54) is 0 Å². The highest BCUT2D eigenvalue weighted by molar-refractivity contribution is 9.10. The highest BCUT2D eigenvalue weighted by Gasteiger charge is 2.02. The molecular weight excluding hydrogens is 253 g/mol. The highest BCUT2D eigenvalue weighted by Crippen LogP contribution is 2.22. The Kier molecular flexibility index (Phi) is 3.75. The predicted octanol–water partition coefficient (Wildman–Crippen LogP) is 2.52. The molecule has 0 heterocycles. The first-order valence-corrected chi connectivity index (χ1v) is 4.99. The van der Waals surface area contributed by atoms with E-state index < -0.39 is 0 Å². The molecule has 2 N–H and O–H groups in total. The fourth-order valence-electron chi connectivity index (χ4n) is 0.982. The van der Waals surface area contributed by atoms with E-state index in [2.05, 4.69) is 15.9 Å². The zero-order valence-electron chi connectivity index (χ0n) is 6.89. The second-order valence-corrected chi connectivity index (χ2v) is 3.99. The fraction of sp³-hybridized carbons (Fsp3) is 0.222. The summed E-state index contributed by atoms with van der Waals surface area (Å²) in [6, 6.07) is 5.48. The molecule has 13 heavy (non-hydrogen) atoms. The number of rotatable bonds is 3. The van der Waals surface area contributed by atoms with E-state index >= 15 is 0 Å². The van der Waals surface area contributed by atoms with Crippen LogP contribution in [0.1, 0.15) is 12.0 Å². The van der Waals surface area contributed by atoms with Gasteiger partial charge in [-0.25, -0.2) is 0 Å². The van der Waals surface area contributed by atoms with Crippen molar-refractivity contribution >= 4 is 33.4 Å². The lowest BCUT2D eigenvalue weighted by Gasteiger charge is -2.02. The number of hydrogen-bond acceptors (Lipinski definition) is 1. The van der Waals surface area contributed by atoms with Crippen LogP contribution < -0.4 is 5.73 Å². The maximum atomic E-state index is 10.5. The highest BCUT2D eigenvalue weighted by atomic mass is 79.9. The molecule has 0 saturated heterocycles. The molecular formula is C9H9BrClNO. The summed E-state index contributed by atoms with van der Waals surface area (Å²) in [7, 11) is 0. The van der Waals surface area contributed by atoms with Crippen molar-refractivity contribution in [1.29, 1.82) is 0 Å². The van der Waals surface area contributed by atoms with Gasteiger partial charge in [0.05, 0.1) is 0 Å². The van der Waals surface area contributed by atoms with Gasteiger partial charge in [0.1, 0.15) is 0 Å². The van der Waals surface area contributed by atoms with Gasteiger partial charge in [0.15, 0.2) is 0 Å². The molecule has 0 radical (unpaired) electrons. The Hall–Kier alpha value is -0.540. The maximum Gasteiger partial charge on any atom is 0.217 e. The molecule has 4 heteroatoms. The van der Waals surface area contributed by atoms with Crippen molar-refractivity contribution in [1.82, 2.24) is 0 Å². The van der Waals surface area contributed by atoms with Gasteiger partial charge >= 0.3 is 0 Å². The van der Waals surface area contributed by atoms with Gasteiger partial charge in [-0.1, -0.05) is 33.6 Å². The van der Waals surface area contributed by atoms with Gasteiger partial charge in [-0.15, -0.1) is 0 Å². The van der Waals surface area contributed by atoms with E-state index in [9.17, 15) is 4.79 Å². The maximum absolute atomic E-state index is 10.5. The van der Waals surface area contributed by atoms with Gasteiger partial charge in [-0.2, -0.15) is 0 Å². The van der Waals surface area contributed by atoms with Gasteiger partial charge in [0, 0.05) is 15.9 Å². The van der Waals surface area contributed by atoms with Crippen LogP contribution >= 0.6 is 27.5 Å². The van der Waals surface area contributed by atoms with E-state index in [-0.39, 0.29) is 5.91 Å². The van der Waals surface area contributed by atoms with E-state index in [1.807, 2.05) is 6.07 Å². The first-order chi connectivity index (χ1) is 6.09. The SMILES string of the molecule is NC(=O)CCc1ccc(Cl)cc1Br. The lowest BCUT2D eigenvalue weighted by Crippen LogP contribution is -2.11. The summed E-state index contributed by atoms with van der Waals surface area (Å²) in [4.78, 5) is 10.5. The molecule has 0 aliphatic carbocycles. The number of carbonyl (C=O) groups is 1. The number of carbonyl (C=O) groups excluding carboxylic acids is 1. The molecule has 0 bridgehead atoms. The molecule has 1 aromatic rings. The summed E-state index contributed by atoms with van der Waals surface area (Å²) in [5, 5.41) is 0.676. The summed E-state index contributed by atoms with van der Waals surface area (Å²) in [6.07, 6.45) is 1.01. The van der Waals surface area contributed by atoms with Crippen LogP contribution in [0.4, 0.5) is 0 Å². The Morgan fingerprint density at radius 1 is 1.54 bits per heavy atom. The molecule has 0 aliphatic rings. The smallest absolute Gasteiger partial charge is 0.217 e. The average Bonchev–Trinajstić information content (AvgIpc) is 2.02. The zero-order chi connectivity index (χ0) is 9.84. The van der Waals surface area contributed by atoms with Gasteiger partial charge in [0.25, 0.3) is 0 Å². The Bertz CT molecular complexity index is 327. The topological polar surface area (TPSA) is 43.1 Å². The normalized spacial score (nSPS) is 10.0. The monoisotopic (exact) mass is 261 g/mol. The van der Waals surface area contributed by atoms with Crippen molar-refractivity contribution in [2.75, 3.05) is 0 Å². The Labute approximate surface area is 90.2 Å². The molecule has 1 aromatic carbocycles. The third-order valence-corrected chi connectivity index (χ3v) is 2.63. The zero-order valence-corrected chi connectivity index (χ0v) is 9.23.